The topological polar surface area (TPSA) is 28.2 Å². The molecule has 2 heterocycles. The molecule has 1 fully saturated rings. The summed E-state index contributed by atoms with van der Waals surface area (Å²) < 4.78 is 0. The Morgan fingerprint density at radius 1 is 1.25 bits per heavy atom. The third kappa shape index (κ3) is 4.13. The van der Waals surface area contributed by atoms with Crippen molar-refractivity contribution in [2.45, 2.75) is 32.0 Å². The Morgan fingerprint density at radius 2 is 2.20 bits per heavy atom. The van der Waals surface area contributed by atoms with E-state index in [1.807, 2.05) is 29.7 Å². The molecule has 0 bridgehead atoms. The standard InChI is InChI=1S/C16H21N3S/c1-2-8-18-14(4-1)12-17-9-10-19(15-6-7-15)13-16-5-3-11-20-16/h1-5,8,11,15,17H,6-7,9-10,12-13H2. The van der Waals surface area contributed by atoms with Gasteiger partial charge in [0.2, 0.25) is 0 Å². The van der Waals surface area contributed by atoms with Crippen molar-refractivity contribution in [1.82, 2.24) is 15.2 Å². The maximum Gasteiger partial charge on any atom is 0.0541 e. The average Bonchev–Trinajstić information content (AvgIpc) is 3.21. The molecule has 3 nitrogen and oxygen atoms in total. The maximum absolute atomic E-state index is 4.33. The van der Waals surface area contributed by atoms with E-state index >= 15 is 0 Å². The molecule has 0 amide bonds. The predicted molar refractivity (Wildman–Crippen MR) is 83.7 cm³/mol. The fourth-order valence-electron chi connectivity index (χ4n) is 2.37. The fraction of sp³-hybridized carbons (Fsp3) is 0.438. The second-order valence-electron chi connectivity index (χ2n) is 5.28. The minimum Gasteiger partial charge on any atom is -0.310 e. The molecule has 2 aromatic heterocycles. The van der Waals surface area contributed by atoms with Crippen LogP contribution in [0.4, 0.5) is 0 Å². The van der Waals surface area contributed by atoms with Gasteiger partial charge in [-0.15, -0.1) is 11.3 Å². The first-order valence-electron chi connectivity index (χ1n) is 7.29. The first-order chi connectivity index (χ1) is 9.92. The lowest BCUT2D eigenvalue weighted by atomic mass is 10.3. The predicted octanol–water partition coefficient (Wildman–Crippen LogP) is 2.90. The van der Waals surface area contributed by atoms with Crippen molar-refractivity contribution >= 4 is 11.3 Å². The molecule has 0 unspecified atom stereocenters. The van der Waals surface area contributed by atoms with Crippen molar-refractivity contribution in [3.05, 3.63) is 52.5 Å². The van der Waals surface area contributed by atoms with E-state index in [1.165, 1.54) is 17.7 Å². The SMILES string of the molecule is c1ccc(CNCCN(Cc2cccs2)C2CC2)nc1. The lowest BCUT2D eigenvalue weighted by Crippen LogP contribution is -2.33. The van der Waals surface area contributed by atoms with Crippen LogP contribution in [0.2, 0.25) is 0 Å². The molecule has 2 aromatic rings. The Hall–Kier alpha value is -1.23. The summed E-state index contributed by atoms with van der Waals surface area (Å²) in [5.41, 5.74) is 1.11. The molecule has 0 saturated heterocycles. The molecule has 20 heavy (non-hydrogen) atoms. The quantitative estimate of drug-likeness (QED) is 0.757. The molecule has 0 aliphatic heterocycles. The first kappa shape index (κ1) is 13.7. The van der Waals surface area contributed by atoms with Crippen LogP contribution in [0.25, 0.3) is 0 Å². The number of rotatable bonds is 8. The Labute approximate surface area is 124 Å². The highest BCUT2D eigenvalue weighted by Crippen LogP contribution is 2.28. The summed E-state index contributed by atoms with van der Waals surface area (Å²) in [6, 6.07) is 11.3. The summed E-state index contributed by atoms with van der Waals surface area (Å²) in [6.45, 7) is 4.11. The van der Waals surface area contributed by atoms with Gasteiger partial charge in [0, 0.05) is 43.3 Å². The summed E-state index contributed by atoms with van der Waals surface area (Å²) in [6.07, 6.45) is 4.58. The molecule has 1 aliphatic carbocycles. The van der Waals surface area contributed by atoms with Crippen LogP contribution in [0, 0.1) is 0 Å². The summed E-state index contributed by atoms with van der Waals surface area (Å²) >= 11 is 1.86. The van der Waals surface area contributed by atoms with Crippen LogP contribution in [0.1, 0.15) is 23.4 Å². The van der Waals surface area contributed by atoms with Crippen LogP contribution in [-0.2, 0) is 13.1 Å². The number of pyridine rings is 1. The van der Waals surface area contributed by atoms with E-state index in [0.29, 0.717) is 0 Å². The molecule has 3 rings (SSSR count). The van der Waals surface area contributed by atoms with Crippen LogP contribution in [0.3, 0.4) is 0 Å². The Morgan fingerprint density at radius 3 is 2.90 bits per heavy atom. The van der Waals surface area contributed by atoms with E-state index in [9.17, 15) is 0 Å². The zero-order valence-corrected chi connectivity index (χ0v) is 12.5. The highest BCUT2D eigenvalue weighted by atomic mass is 32.1. The van der Waals surface area contributed by atoms with Gasteiger partial charge in [-0.05, 0) is 36.4 Å². The summed E-state index contributed by atoms with van der Waals surface area (Å²) in [5.74, 6) is 0. The van der Waals surface area contributed by atoms with Crippen molar-refractivity contribution in [2.24, 2.45) is 0 Å². The molecule has 1 N–H and O–H groups in total. The van der Waals surface area contributed by atoms with Crippen LogP contribution in [0.5, 0.6) is 0 Å². The zero-order valence-electron chi connectivity index (χ0n) is 11.7. The van der Waals surface area contributed by atoms with E-state index in [0.717, 1.165) is 37.9 Å². The van der Waals surface area contributed by atoms with E-state index < -0.39 is 0 Å². The molecule has 0 aromatic carbocycles. The highest BCUT2D eigenvalue weighted by molar-refractivity contribution is 7.09. The summed E-state index contributed by atoms with van der Waals surface area (Å²) in [4.78, 5) is 8.41. The third-order valence-corrected chi connectivity index (χ3v) is 4.47. The van der Waals surface area contributed by atoms with Crippen molar-refractivity contribution in [1.29, 1.82) is 0 Å². The summed E-state index contributed by atoms with van der Waals surface area (Å²) in [5, 5.41) is 5.66. The first-order valence-corrected chi connectivity index (χ1v) is 8.17. The number of nitrogens with zero attached hydrogens (tertiary/aromatic N) is 2. The Kier molecular flexibility index (Phi) is 4.79. The van der Waals surface area contributed by atoms with Gasteiger partial charge >= 0.3 is 0 Å². The average molecular weight is 287 g/mol. The summed E-state index contributed by atoms with van der Waals surface area (Å²) in [7, 11) is 0. The van der Waals surface area contributed by atoms with Crippen LogP contribution in [-0.4, -0.2) is 29.0 Å². The van der Waals surface area contributed by atoms with Crippen molar-refractivity contribution in [3.63, 3.8) is 0 Å². The van der Waals surface area contributed by atoms with Gasteiger partial charge in [-0.1, -0.05) is 12.1 Å². The minimum absolute atomic E-state index is 0.814. The Bertz CT molecular complexity index is 494. The van der Waals surface area contributed by atoms with Gasteiger partial charge in [0.1, 0.15) is 0 Å². The van der Waals surface area contributed by atoms with Gasteiger partial charge in [0.05, 0.1) is 5.69 Å². The van der Waals surface area contributed by atoms with Gasteiger partial charge in [-0.3, -0.25) is 9.88 Å². The van der Waals surface area contributed by atoms with Crippen molar-refractivity contribution < 1.29 is 0 Å². The molecular formula is C16H21N3S. The molecule has 1 saturated carbocycles. The molecule has 0 atom stereocenters. The van der Waals surface area contributed by atoms with Crippen LogP contribution < -0.4 is 5.32 Å². The molecule has 106 valence electrons. The number of aromatic nitrogens is 1. The molecule has 0 spiro atoms. The molecule has 4 heteroatoms. The second-order valence-corrected chi connectivity index (χ2v) is 6.31. The number of hydrogen-bond acceptors (Lipinski definition) is 4. The molecular weight excluding hydrogens is 266 g/mol. The largest absolute Gasteiger partial charge is 0.310 e. The van der Waals surface area contributed by atoms with E-state index in [-0.39, 0.29) is 0 Å². The second kappa shape index (κ2) is 6.97. The van der Waals surface area contributed by atoms with Gasteiger partial charge in [0.15, 0.2) is 0 Å². The van der Waals surface area contributed by atoms with Gasteiger partial charge in [-0.25, -0.2) is 0 Å². The smallest absolute Gasteiger partial charge is 0.0541 e. The number of thiophene rings is 1. The normalized spacial score (nSPS) is 14.8. The zero-order chi connectivity index (χ0) is 13.6. The van der Waals surface area contributed by atoms with Crippen molar-refractivity contribution in [3.8, 4) is 0 Å². The number of hydrogen-bond donors (Lipinski definition) is 1. The number of nitrogens with one attached hydrogen (secondary N) is 1. The molecule has 1 aliphatic rings. The van der Waals surface area contributed by atoms with E-state index in [2.05, 4.69) is 38.8 Å². The Balaban J connectivity index is 1.41. The molecule has 0 radical (unpaired) electrons. The lowest BCUT2D eigenvalue weighted by molar-refractivity contribution is 0.256. The van der Waals surface area contributed by atoms with E-state index in [1.54, 1.807) is 0 Å². The van der Waals surface area contributed by atoms with Gasteiger partial charge < -0.3 is 5.32 Å². The van der Waals surface area contributed by atoms with Gasteiger partial charge in [0.25, 0.3) is 0 Å². The highest BCUT2D eigenvalue weighted by Gasteiger charge is 2.28. The lowest BCUT2D eigenvalue weighted by Gasteiger charge is -2.21. The minimum atomic E-state index is 0.814. The third-order valence-electron chi connectivity index (χ3n) is 3.61. The van der Waals surface area contributed by atoms with Crippen LogP contribution in [0.15, 0.2) is 41.9 Å². The van der Waals surface area contributed by atoms with E-state index in [4.69, 9.17) is 0 Å². The van der Waals surface area contributed by atoms with Gasteiger partial charge in [-0.2, -0.15) is 0 Å². The van der Waals surface area contributed by atoms with Crippen LogP contribution >= 0.6 is 11.3 Å². The monoisotopic (exact) mass is 287 g/mol. The maximum atomic E-state index is 4.33. The van der Waals surface area contributed by atoms with Crippen molar-refractivity contribution in [2.75, 3.05) is 13.1 Å². The fourth-order valence-corrected chi connectivity index (χ4v) is 3.10.